The van der Waals surface area contributed by atoms with Crippen LogP contribution in [-0.4, -0.2) is 27.0 Å². The Hall–Kier alpha value is -3.46. The van der Waals surface area contributed by atoms with E-state index in [1.54, 1.807) is 6.92 Å². The Balaban J connectivity index is 1.93. The third-order valence-electron chi connectivity index (χ3n) is 4.47. The van der Waals surface area contributed by atoms with Gasteiger partial charge in [0.25, 0.3) is 5.78 Å². The van der Waals surface area contributed by atoms with Crippen LogP contribution < -0.4 is 4.90 Å². The van der Waals surface area contributed by atoms with Gasteiger partial charge in [-0.1, -0.05) is 23.5 Å². The SMILES string of the molecule is Cc1nnc(N2C(=O)C(=O)/C(=C(/O)c3ccc(F)cc3)[C@@H]2c2ccc(F)cc2)s1. The van der Waals surface area contributed by atoms with E-state index in [-0.39, 0.29) is 16.3 Å². The summed E-state index contributed by atoms with van der Waals surface area (Å²) in [6.07, 6.45) is 0. The van der Waals surface area contributed by atoms with Crippen molar-refractivity contribution < 1.29 is 23.5 Å². The van der Waals surface area contributed by atoms with Crippen molar-refractivity contribution >= 4 is 33.9 Å². The van der Waals surface area contributed by atoms with E-state index in [1.165, 1.54) is 36.4 Å². The fourth-order valence-corrected chi connectivity index (χ4v) is 3.85. The predicted octanol–water partition coefficient (Wildman–Crippen LogP) is 3.75. The van der Waals surface area contributed by atoms with Crippen LogP contribution in [0.3, 0.4) is 0 Å². The molecule has 1 N–H and O–H groups in total. The summed E-state index contributed by atoms with van der Waals surface area (Å²) in [6, 6.07) is 9.06. The Morgan fingerprint density at radius 3 is 2.14 bits per heavy atom. The van der Waals surface area contributed by atoms with Gasteiger partial charge in [0.15, 0.2) is 0 Å². The summed E-state index contributed by atoms with van der Waals surface area (Å²) in [5.41, 5.74) is 0.383. The van der Waals surface area contributed by atoms with Gasteiger partial charge in [0.2, 0.25) is 5.13 Å². The van der Waals surface area contributed by atoms with Gasteiger partial charge in [-0.15, -0.1) is 10.2 Å². The molecular weight excluding hydrogens is 400 g/mol. The number of aliphatic hydroxyl groups excluding tert-OH is 1. The minimum absolute atomic E-state index is 0.171. The quantitative estimate of drug-likeness (QED) is 0.402. The van der Waals surface area contributed by atoms with Crippen molar-refractivity contribution in [2.24, 2.45) is 0 Å². The molecule has 2 aromatic carbocycles. The average Bonchev–Trinajstić information content (AvgIpc) is 3.24. The maximum absolute atomic E-state index is 13.4. The molecule has 9 heteroatoms. The number of halogens is 2. The number of aliphatic hydroxyl groups is 1. The Morgan fingerprint density at radius 2 is 1.59 bits per heavy atom. The lowest BCUT2D eigenvalue weighted by Crippen LogP contribution is -2.29. The molecule has 29 heavy (non-hydrogen) atoms. The van der Waals surface area contributed by atoms with Gasteiger partial charge in [-0.2, -0.15) is 0 Å². The van der Waals surface area contributed by atoms with Crippen LogP contribution in [0.25, 0.3) is 5.76 Å². The van der Waals surface area contributed by atoms with Crippen LogP contribution in [0, 0.1) is 18.6 Å². The molecule has 1 aliphatic rings. The Kier molecular flexibility index (Phi) is 4.67. The number of carbonyl (C=O) groups is 2. The first-order chi connectivity index (χ1) is 13.9. The van der Waals surface area contributed by atoms with Crippen LogP contribution in [0.15, 0.2) is 54.1 Å². The van der Waals surface area contributed by atoms with Crippen LogP contribution in [-0.2, 0) is 9.59 Å². The summed E-state index contributed by atoms with van der Waals surface area (Å²) < 4.78 is 26.7. The molecule has 6 nitrogen and oxygen atoms in total. The smallest absolute Gasteiger partial charge is 0.301 e. The number of carbonyl (C=O) groups excluding carboxylic acids is 2. The van der Waals surface area contributed by atoms with Crippen LogP contribution in [0.5, 0.6) is 0 Å². The molecule has 0 unspecified atom stereocenters. The highest BCUT2D eigenvalue weighted by Crippen LogP contribution is 2.42. The van der Waals surface area contributed by atoms with Crippen molar-refractivity contribution in [2.75, 3.05) is 4.90 Å². The van der Waals surface area contributed by atoms with E-state index >= 15 is 0 Å². The summed E-state index contributed by atoms with van der Waals surface area (Å²) in [5, 5.41) is 19.4. The number of ketones is 1. The Labute approximate surface area is 167 Å². The van der Waals surface area contributed by atoms with Gasteiger partial charge < -0.3 is 5.11 Å². The minimum Gasteiger partial charge on any atom is -0.507 e. The number of aryl methyl sites for hydroxylation is 1. The van der Waals surface area contributed by atoms with Gasteiger partial charge in [-0.3, -0.25) is 14.5 Å². The highest BCUT2D eigenvalue weighted by molar-refractivity contribution is 7.15. The summed E-state index contributed by atoms with van der Waals surface area (Å²) in [5.74, 6) is -3.27. The maximum Gasteiger partial charge on any atom is 0.301 e. The van der Waals surface area contributed by atoms with Gasteiger partial charge in [-0.05, 0) is 48.9 Å². The van der Waals surface area contributed by atoms with E-state index in [0.29, 0.717) is 10.6 Å². The van der Waals surface area contributed by atoms with Crippen molar-refractivity contribution in [2.45, 2.75) is 13.0 Å². The lowest BCUT2D eigenvalue weighted by molar-refractivity contribution is -0.132. The van der Waals surface area contributed by atoms with Gasteiger partial charge in [0.05, 0.1) is 11.6 Å². The Bertz CT molecular complexity index is 1140. The van der Waals surface area contributed by atoms with E-state index in [9.17, 15) is 23.5 Å². The zero-order valence-electron chi connectivity index (χ0n) is 15.0. The van der Waals surface area contributed by atoms with Crippen molar-refractivity contribution in [1.29, 1.82) is 0 Å². The largest absolute Gasteiger partial charge is 0.507 e. The number of nitrogens with zero attached hydrogens (tertiary/aromatic N) is 3. The summed E-state index contributed by atoms with van der Waals surface area (Å²) in [6.45, 7) is 1.70. The minimum atomic E-state index is -1.03. The molecule has 1 aliphatic heterocycles. The fraction of sp³-hybridized carbons (Fsp3) is 0.100. The van der Waals surface area contributed by atoms with Crippen molar-refractivity contribution in [3.63, 3.8) is 0 Å². The van der Waals surface area contributed by atoms with Crippen molar-refractivity contribution in [3.8, 4) is 0 Å². The molecule has 1 saturated heterocycles. The predicted molar refractivity (Wildman–Crippen MR) is 102 cm³/mol. The highest BCUT2D eigenvalue weighted by Gasteiger charge is 2.48. The third-order valence-corrected chi connectivity index (χ3v) is 5.31. The third kappa shape index (κ3) is 3.29. The monoisotopic (exact) mass is 413 g/mol. The second kappa shape index (κ2) is 7.17. The van der Waals surface area contributed by atoms with Crippen molar-refractivity contribution in [1.82, 2.24) is 10.2 Å². The van der Waals surface area contributed by atoms with Gasteiger partial charge in [0, 0.05) is 5.56 Å². The number of rotatable bonds is 3. The molecule has 0 spiro atoms. The van der Waals surface area contributed by atoms with E-state index in [1.807, 2.05) is 0 Å². The molecule has 0 aliphatic carbocycles. The summed E-state index contributed by atoms with van der Waals surface area (Å²) in [7, 11) is 0. The van der Waals surface area contributed by atoms with Gasteiger partial charge >= 0.3 is 5.91 Å². The van der Waals surface area contributed by atoms with Crippen molar-refractivity contribution in [3.05, 3.63) is 81.9 Å². The molecule has 4 rings (SSSR count). The maximum atomic E-state index is 13.4. The number of Topliss-reactive ketones (excluding diaryl/α,β-unsaturated/α-hetero) is 1. The number of amides is 1. The molecule has 1 amide bonds. The topological polar surface area (TPSA) is 83.4 Å². The molecule has 146 valence electrons. The highest BCUT2D eigenvalue weighted by atomic mass is 32.1. The van der Waals surface area contributed by atoms with Gasteiger partial charge in [-0.25, -0.2) is 8.78 Å². The first-order valence-corrected chi connectivity index (χ1v) is 9.31. The summed E-state index contributed by atoms with van der Waals surface area (Å²) in [4.78, 5) is 26.8. The average molecular weight is 413 g/mol. The van der Waals surface area contributed by atoms with Crippen LogP contribution >= 0.6 is 11.3 Å². The number of benzene rings is 2. The molecule has 3 aromatic rings. The zero-order chi connectivity index (χ0) is 20.7. The second-order valence-electron chi connectivity index (χ2n) is 6.33. The first-order valence-electron chi connectivity index (χ1n) is 8.49. The molecule has 1 fully saturated rings. The second-order valence-corrected chi connectivity index (χ2v) is 7.49. The molecule has 0 radical (unpaired) electrons. The first kappa shape index (κ1) is 18.9. The molecule has 0 saturated carbocycles. The number of hydrogen-bond donors (Lipinski definition) is 1. The fourth-order valence-electron chi connectivity index (χ4n) is 3.14. The molecule has 0 bridgehead atoms. The lowest BCUT2D eigenvalue weighted by atomic mass is 9.95. The molecular formula is C20H13F2N3O3S. The number of aromatic nitrogens is 2. The number of anilines is 1. The summed E-state index contributed by atoms with van der Waals surface area (Å²) >= 11 is 1.11. The zero-order valence-corrected chi connectivity index (χ0v) is 15.8. The van der Waals surface area contributed by atoms with Crippen LogP contribution in [0.1, 0.15) is 22.2 Å². The molecule has 1 aromatic heterocycles. The van der Waals surface area contributed by atoms with Crippen LogP contribution in [0.2, 0.25) is 0 Å². The van der Waals surface area contributed by atoms with E-state index in [2.05, 4.69) is 10.2 Å². The lowest BCUT2D eigenvalue weighted by Gasteiger charge is -2.22. The Morgan fingerprint density at radius 1 is 1.00 bits per heavy atom. The van der Waals surface area contributed by atoms with E-state index in [4.69, 9.17) is 0 Å². The van der Waals surface area contributed by atoms with Gasteiger partial charge in [0.1, 0.15) is 22.4 Å². The standard InChI is InChI=1S/C20H13F2N3O3S/c1-10-23-24-20(29-10)25-16(11-2-6-13(21)7-3-11)15(18(27)19(25)28)17(26)12-4-8-14(22)9-5-12/h2-9,16,26H,1H3/b17-15+/t16-/m0/s1. The van der Waals surface area contributed by atoms with E-state index < -0.39 is 35.1 Å². The number of hydrogen-bond acceptors (Lipinski definition) is 6. The normalized spacial score (nSPS) is 18.4. The van der Waals surface area contributed by atoms with Crippen LogP contribution in [0.4, 0.5) is 13.9 Å². The molecule has 2 heterocycles. The van der Waals surface area contributed by atoms with E-state index in [0.717, 1.165) is 28.4 Å². The molecule has 1 atom stereocenters.